The van der Waals surface area contributed by atoms with Crippen LogP contribution in [-0.2, 0) is 11.2 Å². The second kappa shape index (κ2) is 6.98. The Morgan fingerprint density at radius 2 is 2.18 bits per heavy atom. The molecule has 6 heteroatoms. The van der Waals surface area contributed by atoms with Crippen LogP contribution < -0.4 is 5.32 Å². The van der Waals surface area contributed by atoms with Gasteiger partial charge in [0, 0.05) is 19.0 Å². The van der Waals surface area contributed by atoms with Gasteiger partial charge in [-0.2, -0.15) is 0 Å². The molecule has 1 aromatic carbocycles. The zero-order chi connectivity index (χ0) is 15.4. The summed E-state index contributed by atoms with van der Waals surface area (Å²) in [7, 11) is 0. The molecule has 0 radical (unpaired) electrons. The van der Waals surface area contributed by atoms with Gasteiger partial charge in [0.15, 0.2) is 0 Å². The smallest absolute Gasteiger partial charge is 0.240 e. The lowest BCUT2D eigenvalue weighted by Crippen LogP contribution is -2.45. The molecule has 2 heterocycles. The predicted octanol–water partition coefficient (Wildman–Crippen LogP) is 2.88. The highest BCUT2D eigenvalue weighted by Gasteiger charge is 2.30. The summed E-state index contributed by atoms with van der Waals surface area (Å²) in [6, 6.07) is 10.7. The summed E-state index contributed by atoms with van der Waals surface area (Å²) in [4.78, 5) is 14.3. The van der Waals surface area contributed by atoms with Gasteiger partial charge in [-0.1, -0.05) is 48.6 Å². The molecule has 2 aromatic rings. The summed E-state index contributed by atoms with van der Waals surface area (Å²) in [5, 5.41) is 12.5. The minimum absolute atomic E-state index is 0.0140. The quantitative estimate of drug-likeness (QED) is 0.890. The molecule has 0 aliphatic carbocycles. The molecule has 1 aliphatic heterocycles. The molecule has 22 heavy (non-hydrogen) atoms. The van der Waals surface area contributed by atoms with Gasteiger partial charge >= 0.3 is 0 Å². The monoisotopic (exact) mass is 316 g/mol. The van der Waals surface area contributed by atoms with E-state index in [1.165, 1.54) is 16.9 Å². The van der Waals surface area contributed by atoms with Crippen LogP contribution in [0.4, 0.5) is 5.13 Å². The van der Waals surface area contributed by atoms with Gasteiger partial charge in [0.1, 0.15) is 5.01 Å². The van der Waals surface area contributed by atoms with E-state index in [4.69, 9.17) is 0 Å². The van der Waals surface area contributed by atoms with Crippen molar-refractivity contribution in [2.45, 2.75) is 32.2 Å². The fourth-order valence-corrected chi connectivity index (χ4v) is 3.50. The first-order chi connectivity index (χ1) is 10.8. The largest absolute Gasteiger partial charge is 0.299 e. The number of amides is 1. The van der Waals surface area contributed by atoms with Gasteiger partial charge < -0.3 is 0 Å². The van der Waals surface area contributed by atoms with E-state index in [1.807, 2.05) is 18.2 Å². The maximum atomic E-state index is 12.1. The van der Waals surface area contributed by atoms with Gasteiger partial charge in [-0.3, -0.25) is 15.0 Å². The Morgan fingerprint density at radius 1 is 1.36 bits per heavy atom. The number of nitrogens with one attached hydrogen (secondary N) is 1. The number of hydrogen-bond acceptors (Lipinski definition) is 5. The van der Waals surface area contributed by atoms with Crippen molar-refractivity contribution >= 4 is 22.4 Å². The van der Waals surface area contributed by atoms with Gasteiger partial charge in [-0.15, -0.1) is 10.2 Å². The maximum Gasteiger partial charge on any atom is 0.240 e. The number of anilines is 1. The fourth-order valence-electron chi connectivity index (χ4n) is 2.64. The van der Waals surface area contributed by atoms with Crippen LogP contribution in [0.1, 0.15) is 36.4 Å². The standard InChI is InChI=1S/C16H20N4OS/c1-2-6-15-18-19-16(22-15)17-14(21)11-20-10-9-13(20)12-7-4-3-5-8-12/h3-5,7-8,13H,2,6,9-11H2,1H3,(H,17,19,21)/t13-/m1/s1. The summed E-state index contributed by atoms with van der Waals surface area (Å²) < 4.78 is 0. The van der Waals surface area contributed by atoms with E-state index in [-0.39, 0.29) is 5.91 Å². The molecule has 1 N–H and O–H groups in total. The van der Waals surface area contributed by atoms with Crippen molar-refractivity contribution in [3.8, 4) is 0 Å². The van der Waals surface area contributed by atoms with Gasteiger partial charge in [-0.05, 0) is 18.4 Å². The van der Waals surface area contributed by atoms with Crippen molar-refractivity contribution in [3.63, 3.8) is 0 Å². The molecule has 1 amide bonds. The Hall–Kier alpha value is -1.79. The lowest BCUT2D eigenvalue weighted by molar-refractivity contribution is -0.119. The number of carbonyl (C=O) groups is 1. The fraction of sp³-hybridized carbons (Fsp3) is 0.438. The summed E-state index contributed by atoms with van der Waals surface area (Å²) in [6.45, 7) is 3.47. The molecule has 0 bridgehead atoms. The second-order valence-electron chi connectivity index (χ2n) is 5.48. The Labute approximate surface area is 134 Å². The van der Waals surface area contributed by atoms with Crippen LogP contribution in [0.15, 0.2) is 30.3 Å². The molecule has 1 fully saturated rings. The van der Waals surface area contributed by atoms with Crippen molar-refractivity contribution in [3.05, 3.63) is 40.9 Å². The normalized spacial score (nSPS) is 18.0. The van der Waals surface area contributed by atoms with Gasteiger partial charge in [0.25, 0.3) is 0 Å². The van der Waals surface area contributed by atoms with Crippen molar-refractivity contribution in [1.29, 1.82) is 0 Å². The molecular formula is C16H20N4OS. The molecule has 116 valence electrons. The minimum Gasteiger partial charge on any atom is -0.299 e. The number of benzene rings is 1. The number of likely N-dealkylation sites (tertiary alicyclic amines) is 1. The second-order valence-corrected chi connectivity index (χ2v) is 6.55. The predicted molar refractivity (Wildman–Crippen MR) is 87.9 cm³/mol. The van der Waals surface area contributed by atoms with Crippen LogP contribution in [0.3, 0.4) is 0 Å². The third-order valence-corrected chi connectivity index (χ3v) is 4.74. The van der Waals surface area contributed by atoms with Crippen LogP contribution in [0, 0.1) is 0 Å². The first-order valence-corrected chi connectivity index (χ1v) is 8.49. The number of rotatable bonds is 6. The highest BCUT2D eigenvalue weighted by molar-refractivity contribution is 7.15. The van der Waals surface area contributed by atoms with E-state index in [0.717, 1.165) is 30.8 Å². The lowest BCUT2D eigenvalue weighted by Gasteiger charge is -2.40. The van der Waals surface area contributed by atoms with E-state index in [0.29, 0.717) is 17.7 Å². The first-order valence-electron chi connectivity index (χ1n) is 7.67. The summed E-state index contributed by atoms with van der Waals surface area (Å²) >= 11 is 1.46. The summed E-state index contributed by atoms with van der Waals surface area (Å²) in [5.74, 6) is -0.0140. The zero-order valence-corrected chi connectivity index (χ0v) is 13.5. The van der Waals surface area contributed by atoms with E-state index >= 15 is 0 Å². The summed E-state index contributed by atoms with van der Waals surface area (Å²) in [5.41, 5.74) is 1.28. The van der Waals surface area contributed by atoms with Crippen LogP contribution in [0.5, 0.6) is 0 Å². The molecule has 3 rings (SSSR count). The molecule has 0 unspecified atom stereocenters. The van der Waals surface area contributed by atoms with E-state index in [1.54, 1.807) is 0 Å². The molecule has 1 saturated heterocycles. The number of nitrogens with zero attached hydrogens (tertiary/aromatic N) is 3. The number of aryl methyl sites for hydroxylation is 1. The molecular weight excluding hydrogens is 296 g/mol. The van der Waals surface area contributed by atoms with Crippen LogP contribution in [0.2, 0.25) is 0 Å². The van der Waals surface area contributed by atoms with Gasteiger partial charge in [0.2, 0.25) is 11.0 Å². The topological polar surface area (TPSA) is 58.1 Å². The van der Waals surface area contributed by atoms with Crippen molar-refractivity contribution in [2.24, 2.45) is 0 Å². The third-order valence-electron chi connectivity index (χ3n) is 3.84. The Balaban J connectivity index is 1.53. The van der Waals surface area contributed by atoms with E-state index < -0.39 is 0 Å². The minimum atomic E-state index is -0.0140. The van der Waals surface area contributed by atoms with E-state index in [2.05, 4.69) is 39.5 Å². The molecule has 5 nitrogen and oxygen atoms in total. The van der Waals surface area contributed by atoms with E-state index in [9.17, 15) is 4.79 Å². The lowest BCUT2D eigenvalue weighted by atomic mass is 9.95. The van der Waals surface area contributed by atoms with Crippen LogP contribution >= 0.6 is 11.3 Å². The summed E-state index contributed by atoms with van der Waals surface area (Å²) in [6.07, 6.45) is 3.06. The van der Waals surface area contributed by atoms with Crippen molar-refractivity contribution in [1.82, 2.24) is 15.1 Å². The Kier molecular flexibility index (Phi) is 4.80. The highest BCUT2D eigenvalue weighted by Crippen LogP contribution is 2.32. The molecule has 0 spiro atoms. The zero-order valence-electron chi connectivity index (χ0n) is 12.7. The molecule has 1 aromatic heterocycles. The highest BCUT2D eigenvalue weighted by atomic mass is 32.1. The number of hydrogen-bond donors (Lipinski definition) is 1. The first kappa shape index (κ1) is 15.1. The van der Waals surface area contributed by atoms with Gasteiger partial charge in [0.05, 0.1) is 6.54 Å². The third kappa shape index (κ3) is 3.51. The molecule has 0 saturated carbocycles. The van der Waals surface area contributed by atoms with Crippen molar-refractivity contribution in [2.75, 3.05) is 18.4 Å². The van der Waals surface area contributed by atoms with Gasteiger partial charge in [-0.25, -0.2) is 0 Å². The Morgan fingerprint density at radius 3 is 2.86 bits per heavy atom. The van der Waals surface area contributed by atoms with Crippen LogP contribution in [0.25, 0.3) is 0 Å². The SMILES string of the molecule is CCCc1nnc(NC(=O)CN2CC[C@@H]2c2ccccc2)s1. The van der Waals surface area contributed by atoms with Crippen molar-refractivity contribution < 1.29 is 4.79 Å². The maximum absolute atomic E-state index is 12.1. The average Bonchev–Trinajstić information content (AvgIpc) is 2.92. The average molecular weight is 316 g/mol. The number of carbonyl (C=O) groups excluding carboxylic acids is 1. The van der Waals surface area contributed by atoms with Crippen LogP contribution in [-0.4, -0.2) is 34.1 Å². The molecule has 1 aliphatic rings. The number of aromatic nitrogens is 2. The molecule has 1 atom stereocenters. The Bertz CT molecular complexity index is 628.